The third-order valence-corrected chi connectivity index (χ3v) is 2.05. The number of hydrogen-bond donors (Lipinski definition) is 3. The van der Waals surface area contributed by atoms with Crippen LogP contribution in [-0.4, -0.2) is 23.7 Å². The molecule has 5 heteroatoms. The molecule has 5 nitrogen and oxygen atoms in total. The van der Waals surface area contributed by atoms with Gasteiger partial charge in [0.2, 0.25) is 0 Å². The minimum atomic E-state index is -0.656. The number of carbonyl (C=O) groups is 1. The van der Waals surface area contributed by atoms with Crippen LogP contribution in [0.2, 0.25) is 0 Å². The van der Waals surface area contributed by atoms with Crippen LogP contribution in [0.3, 0.4) is 0 Å². The largest absolute Gasteiger partial charge is 0.508 e. The van der Waals surface area contributed by atoms with Gasteiger partial charge in [-0.15, -0.1) is 0 Å². The molecular weight excluding hydrogens is 208 g/mol. The highest BCUT2D eigenvalue weighted by Gasteiger charge is 2.13. The summed E-state index contributed by atoms with van der Waals surface area (Å²) in [7, 11) is 0. The molecule has 0 bridgehead atoms. The molecule has 0 aliphatic heterocycles. The molecule has 0 aliphatic carbocycles. The topological polar surface area (TPSA) is 84.6 Å². The van der Waals surface area contributed by atoms with Crippen LogP contribution in [0.4, 0.5) is 0 Å². The van der Waals surface area contributed by atoms with E-state index in [1.807, 2.05) is 0 Å². The summed E-state index contributed by atoms with van der Waals surface area (Å²) in [6.07, 6.45) is 0.402. The summed E-state index contributed by atoms with van der Waals surface area (Å²) in [5, 5.41) is 9.09. The van der Waals surface area contributed by atoms with E-state index in [4.69, 9.17) is 15.7 Å². The lowest BCUT2D eigenvalue weighted by atomic mass is 10.1. The number of aromatic hydroxyl groups is 1. The fourth-order valence-electron chi connectivity index (χ4n) is 1.20. The highest BCUT2D eigenvalue weighted by molar-refractivity contribution is 5.80. The van der Waals surface area contributed by atoms with Crippen LogP contribution in [0.25, 0.3) is 0 Å². The van der Waals surface area contributed by atoms with E-state index in [9.17, 15) is 4.79 Å². The van der Waals surface area contributed by atoms with Gasteiger partial charge in [0.05, 0.1) is 12.6 Å². The third-order valence-electron chi connectivity index (χ3n) is 2.05. The van der Waals surface area contributed by atoms with Gasteiger partial charge in [-0.05, 0) is 31.0 Å². The number of nitrogens with one attached hydrogen (secondary N) is 1. The standard InChI is InChI=1S/C11H16N2O3/c1-2-16-13-11(15)10(12)7-8-3-5-9(14)6-4-8/h3-6,10,14H,2,7,12H2,1H3,(H,13,15). The molecule has 1 aromatic rings. The second-order valence-corrected chi connectivity index (χ2v) is 3.38. The van der Waals surface area contributed by atoms with E-state index in [-0.39, 0.29) is 11.7 Å². The number of rotatable bonds is 5. The van der Waals surface area contributed by atoms with E-state index in [1.165, 1.54) is 0 Å². The van der Waals surface area contributed by atoms with Crippen LogP contribution in [0.1, 0.15) is 12.5 Å². The lowest BCUT2D eigenvalue weighted by molar-refractivity contribution is -0.134. The maximum absolute atomic E-state index is 11.4. The molecule has 1 aromatic carbocycles. The number of benzene rings is 1. The lowest BCUT2D eigenvalue weighted by Crippen LogP contribution is -2.41. The molecule has 0 aliphatic rings. The number of hydrogen-bond acceptors (Lipinski definition) is 4. The van der Waals surface area contributed by atoms with Crippen LogP contribution in [0.15, 0.2) is 24.3 Å². The van der Waals surface area contributed by atoms with E-state index < -0.39 is 6.04 Å². The fourth-order valence-corrected chi connectivity index (χ4v) is 1.20. The van der Waals surface area contributed by atoms with E-state index in [0.717, 1.165) is 5.56 Å². The maximum atomic E-state index is 11.4. The molecule has 0 heterocycles. The molecule has 1 unspecified atom stereocenters. The molecule has 1 amide bonds. The number of hydroxylamine groups is 1. The van der Waals surface area contributed by atoms with Crippen LogP contribution in [-0.2, 0) is 16.1 Å². The van der Waals surface area contributed by atoms with Gasteiger partial charge in [-0.2, -0.15) is 0 Å². The zero-order chi connectivity index (χ0) is 12.0. The molecule has 1 atom stereocenters. The van der Waals surface area contributed by atoms with Crippen molar-refractivity contribution in [2.24, 2.45) is 5.73 Å². The molecule has 16 heavy (non-hydrogen) atoms. The maximum Gasteiger partial charge on any atom is 0.260 e. The minimum absolute atomic E-state index is 0.191. The molecule has 0 fully saturated rings. The van der Waals surface area contributed by atoms with Gasteiger partial charge >= 0.3 is 0 Å². The summed E-state index contributed by atoms with van der Waals surface area (Å²) in [6.45, 7) is 2.17. The summed E-state index contributed by atoms with van der Waals surface area (Å²) < 4.78 is 0. The summed E-state index contributed by atoms with van der Waals surface area (Å²) in [4.78, 5) is 16.1. The second-order valence-electron chi connectivity index (χ2n) is 3.38. The first-order chi connectivity index (χ1) is 7.63. The van der Waals surface area contributed by atoms with Gasteiger partial charge in [-0.1, -0.05) is 12.1 Å². The van der Waals surface area contributed by atoms with Gasteiger partial charge in [-0.3, -0.25) is 9.63 Å². The van der Waals surface area contributed by atoms with Crippen LogP contribution >= 0.6 is 0 Å². The summed E-state index contributed by atoms with van der Waals surface area (Å²) in [5.74, 6) is -0.161. The van der Waals surface area contributed by atoms with E-state index in [1.54, 1.807) is 31.2 Å². The summed E-state index contributed by atoms with van der Waals surface area (Å²) in [5.41, 5.74) is 8.81. The number of phenols is 1. The molecule has 0 saturated heterocycles. The minimum Gasteiger partial charge on any atom is -0.508 e. The van der Waals surface area contributed by atoms with Crippen molar-refractivity contribution in [3.8, 4) is 5.75 Å². The normalized spacial score (nSPS) is 12.1. The first-order valence-corrected chi connectivity index (χ1v) is 5.08. The Morgan fingerprint density at radius 3 is 2.69 bits per heavy atom. The Balaban J connectivity index is 2.47. The smallest absolute Gasteiger partial charge is 0.260 e. The Labute approximate surface area is 94.2 Å². The lowest BCUT2D eigenvalue weighted by Gasteiger charge is -2.11. The van der Waals surface area contributed by atoms with Crippen LogP contribution in [0.5, 0.6) is 5.75 Å². The van der Waals surface area contributed by atoms with Crippen molar-refractivity contribution < 1.29 is 14.7 Å². The molecule has 0 radical (unpaired) electrons. The van der Waals surface area contributed by atoms with Crippen molar-refractivity contribution in [1.29, 1.82) is 0 Å². The van der Waals surface area contributed by atoms with E-state index in [2.05, 4.69) is 5.48 Å². The monoisotopic (exact) mass is 224 g/mol. The van der Waals surface area contributed by atoms with Crippen LogP contribution in [0, 0.1) is 0 Å². The molecular formula is C11H16N2O3. The number of carbonyl (C=O) groups excluding carboxylic acids is 1. The van der Waals surface area contributed by atoms with Gasteiger partial charge in [0, 0.05) is 0 Å². The Hall–Kier alpha value is -1.59. The van der Waals surface area contributed by atoms with Crippen molar-refractivity contribution in [3.05, 3.63) is 29.8 Å². The molecule has 88 valence electrons. The van der Waals surface area contributed by atoms with Crippen molar-refractivity contribution >= 4 is 5.91 Å². The predicted octanol–water partition coefficient (Wildman–Crippen LogP) is 0.330. The van der Waals surface area contributed by atoms with Gasteiger partial charge in [0.25, 0.3) is 5.91 Å². The van der Waals surface area contributed by atoms with Crippen molar-refractivity contribution in [3.63, 3.8) is 0 Å². The first-order valence-electron chi connectivity index (χ1n) is 5.08. The Morgan fingerprint density at radius 2 is 2.12 bits per heavy atom. The number of phenolic OH excluding ortho intramolecular Hbond substituents is 1. The zero-order valence-corrected chi connectivity index (χ0v) is 9.14. The zero-order valence-electron chi connectivity index (χ0n) is 9.14. The molecule has 4 N–H and O–H groups in total. The molecule has 0 spiro atoms. The van der Waals surface area contributed by atoms with Gasteiger partial charge < -0.3 is 10.8 Å². The number of nitrogens with two attached hydrogens (primary N) is 1. The Morgan fingerprint density at radius 1 is 1.50 bits per heavy atom. The van der Waals surface area contributed by atoms with Crippen molar-refractivity contribution in [2.75, 3.05) is 6.61 Å². The summed E-state index contributed by atoms with van der Waals surface area (Å²) >= 11 is 0. The average molecular weight is 224 g/mol. The predicted molar refractivity (Wildman–Crippen MR) is 59.6 cm³/mol. The Bertz CT molecular complexity index is 338. The molecule has 0 aromatic heterocycles. The van der Waals surface area contributed by atoms with Crippen molar-refractivity contribution in [2.45, 2.75) is 19.4 Å². The highest BCUT2D eigenvalue weighted by Crippen LogP contribution is 2.10. The van der Waals surface area contributed by atoms with E-state index in [0.29, 0.717) is 13.0 Å². The molecule has 1 rings (SSSR count). The van der Waals surface area contributed by atoms with Crippen molar-refractivity contribution in [1.82, 2.24) is 5.48 Å². The summed E-state index contributed by atoms with van der Waals surface area (Å²) in [6, 6.07) is 5.91. The highest BCUT2D eigenvalue weighted by atomic mass is 16.6. The fraction of sp³-hybridized carbons (Fsp3) is 0.364. The SMILES string of the molecule is CCONC(=O)C(N)Cc1ccc(O)cc1. The van der Waals surface area contributed by atoms with Crippen LogP contribution < -0.4 is 11.2 Å². The van der Waals surface area contributed by atoms with E-state index >= 15 is 0 Å². The van der Waals surface area contributed by atoms with Gasteiger partial charge in [0.15, 0.2) is 0 Å². The third kappa shape index (κ3) is 3.88. The molecule has 0 saturated carbocycles. The number of amides is 1. The second kappa shape index (κ2) is 6.09. The average Bonchev–Trinajstić information content (AvgIpc) is 2.29. The quantitative estimate of drug-likeness (QED) is 0.629. The van der Waals surface area contributed by atoms with Gasteiger partial charge in [0.1, 0.15) is 5.75 Å². The van der Waals surface area contributed by atoms with Gasteiger partial charge in [-0.25, -0.2) is 5.48 Å². The Kier molecular flexibility index (Phi) is 4.75. The first kappa shape index (κ1) is 12.5.